The molecule has 1 aromatic carbocycles. The number of piperazine rings is 1. The molecule has 2 heterocycles. The number of para-hydroxylation sites is 1. The highest BCUT2D eigenvalue weighted by Gasteiger charge is 2.25. The van der Waals surface area contributed by atoms with Gasteiger partial charge in [0.05, 0.1) is 11.6 Å². The Kier molecular flexibility index (Phi) is 3.90. The Morgan fingerprint density at radius 1 is 1.33 bits per heavy atom. The van der Waals surface area contributed by atoms with Crippen molar-refractivity contribution in [2.75, 3.05) is 32.7 Å². The number of amides is 1. The average molecular weight is 288 g/mol. The molecule has 3 rings (SSSR count). The zero-order valence-electron chi connectivity index (χ0n) is 12.1. The van der Waals surface area contributed by atoms with Gasteiger partial charge in [0.1, 0.15) is 0 Å². The molecule has 1 aliphatic rings. The quantitative estimate of drug-likeness (QED) is 0.872. The summed E-state index contributed by atoms with van der Waals surface area (Å²) in [5.74, 6) is -0.0239. The van der Waals surface area contributed by atoms with Crippen molar-refractivity contribution >= 4 is 16.8 Å². The Morgan fingerprint density at radius 3 is 2.76 bits per heavy atom. The number of H-pyrrole nitrogens is 1. The van der Waals surface area contributed by atoms with E-state index >= 15 is 0 Å². The lowest BCUT2D eigenvalue weighted by Gasteiger charge is -2.34. The van der Waals surface area contributed by atoms with E-state index in [2.05, 4.69) is 15.1 Å². The minimum atomic E-state index is -0.331. The number of carbonyl (C=O) groups is 1. The SMILES string of the molecule is CC(O)CN1CCN(C(=O)c2n[nH]c3ccccc23)CC1. The van der Waals surface area contributed by atoms with Crippen molar-refractivity contribution in [3.63, 3.8) is 0 Å². The second-order valence-corrected chi connectivity index (χ2v) is 5.56. The molecule has 1 fully saturated rings. The monoisotopic (exact) mass is 288 g/mol. The molecular formula is C15H20N4O2. The van der Waals surface area contributed by atoms with Crippen LogP contribution in [0.3, 0.4) is 0 Å². The molecule has 1 atom stereocenters. The number of aromatic nitrogens is 2. The number of hydrogen-bond donors (Lipinski definition) is 2. The molecule has 21 heavy (non-hydrogen) atoms. The Labute approximate surface area is 123 Å². The van der Waals surface area contributed by atoms with Crippen LogP contribution in [-0.4, -0.2) is 69.8 Å². The minimum Gasteiger partial charge on any atom is -0.392 e. The first-order chi connectivity index (χ1) is 10.1. The summed E-state index contributed by atoms with van der Waals surface area (Å²) in [6, 6.07) is 7.66. The standard InChI is InChI=1S/C15H20N4O2/c1-11(20)10-18-6-8-19(9-7-18)15(21)14-12-4-2-3-5-13(12)16-17-14/h2-5,11,20H,6-10H2,1H3,(H,16,17). The lowest BCUT2D eigenvalue weighted by molar-refractivity contribution is 0.0551. The summed E-state index contributed by atoms with van der Waals surface area (Å²) in [7, 11) is 0. The van der Waals surface area contributed by atoms with Gasteiger partial charge in [-0.3, -0.25) is 14.8 Å². The van der Waals surface area contributed by atoms with E-state index < -0.39 is 0 Å². The van der Waals surface area contributed by atoms with Gasteiger partial charge in [-0.05, 0) is 13.0 Å². The van der Waals surface area contributed by atoms with Crippen molar-refractivity contribution in [3.8, 4) is 0 Å². The molecular weight excluding hydrogens is 268 g/mol. The summed E-state index contributed by atoms with van der Waals surface area (Å²) in [5.41, 5.74) is 1.38. The van der Waals surface area contributed by atoms with Gasteiger partial charge in [0.25, 0.3) is 5.91 Å². The molecule has 1 aromatic heterocycles. The molecule has 1 unspecified atom stereocenters. The van der Waals surface area contributed by atoms with Crippen molar-refractivity contribution in [2.24, 2.45) is 0 Å². The number of aliphatic hydroxyl groups is 1. The maximum Gasteiger partial charge on any atom is 0.275 e. The zero-order chi connectivity index (χ0) is 14.8. The van der Waals surface area contributed by atoms with Crippen molar-refractivity contribution in [2.45, 2.75) is 13.0 Å². The van der Waals surface area contributed by atoms with Gasteiger partial charge in [-0.2, -0.15) is 5.10 Å². The number of nitrogens with one attached hydrogen (secondary N) is 1. The molecule has 2 aromatic rings. The first-order valence-electron chi connectivity index (χ1n) is 7.28. The second kappa shape index (κ2) is 5.83. The average Bonchev–Trinajstić information content (AvgIpc) is 2.90. The Bertz CT molecular complexity index is 629. The predicted molar refractivity (Wildman–Crippen MR) is 80.1 cm³/mol. The molecule has 1 aliphatic heterocycles. The normalized spacial score (nSPS) is 18.1. The third-order valence-electron chi connectivity index (χ3n) is 3.85. The van der Waals surface area contributed by atoms with Gasteiger partial charge >= 0.3 is 0 Å². The fourth-order valence-electron chi connectivity index (χ4n) is 2.78. The summed E-state index contributed by atoms with van der Waals surface area (Å²) in [6.07, 6.45) is -0.331. The number of β-amino-alcohol motifs (C(OH)–C–C–N with tert-alkyl or cyclic N) is 1. The third kappa shape index (κ3) is 2.91. The van der Waals surface area contributed by atoms with Gasteiger partial charge in [0, 0.05) is 38.1 Å². The first kappa shape index (κ1) is 14.0. The highest BCUT2D eigenvalue weighted by atomic mass is 16.3. The summed E-state index contributed by atoms with van der Waals surface area (Å²) >= 11 is 0. The van der Waals surface area contributed by atoms with E-state index in [9.17, 15) is 9.90 Å². The summed E-state index contributed by atoms with van der Waals surface area (Å²) in [4.78, 5) is 16.6. The smallest absolute Gasteiger partial charge is 0.275 e. The van der Waals surface area contributed by atoms with Crippen LogP contribution in [0.15, 0.2) is 24.3 Å². The van der Waals surface area contributed by atoms with Crippen LogP contribution in [0.5, 0.6) is 0 Å². The van der Waals surface area contributed by atoms with Crippen LogP contribution in [-0.2, 0) is 0 Å². The number of rotatable bonds is 3. The molecule has 0 radical (unpaired) electrons. The van der Waals surface area contributed by atoms with Crippen molar-refractivity contribution in [1.29, 1.82) is 0 Å². The molecule has 0 aliphatic carbocycles. The van der Waals surface area contributed by atoms with Gasteiger partial charge < -0.3 is 10.0 Å². The van der Waals surface area contributed by atoms with Crippen LogP contribution in [0, 0.1) is 0 Å². The van der Waals surface area contributed by atoms with Gasteiger partial charge in [0.15, 0.2) is 5.69 Å². The number of aliphatic hydroxyl groups excluding tert-OH is 1. The lowest BCUT2D eigenvalue weighted by Crippen LogP contribution is -2.50. The van der Waals surface area contributed by atoms with Crippen LogP contribution in [0.25, 0.3) is 10.9 Å². The van der Waals surface area contributed by atoms with E-state index in [1.165, 1.54) is 0 Å². The van der Waals surface area contributed by atoms with E-state index in [1.54, 1.807) is 6.92 Å². The molecule has 1 saturated heterocycles. The Morgan fingerprint density at radius 2 is 2.05 bits per heavy atom. The number of carbonyl (C=O) groups excluding carboxylic acids is 1. The maximum absolute atomic E-state index is 12.6. The van der Waals surface area contributed by atoms with Crippen LogP contribution >= 0.6 is 0 Å². The van der Waals surface area contributed by atoms with Gasteiger partial charge in [-0.1, -0.05) is 18.2 Å². The highest BCUT2D eigenvalue weighted by Crippen LogP contribution is 2.17. The highest BCUT2D eigenvalue weighted by molar-refractivity contribution is 6.04. The van der Waals surface area contributed by atoms with Crippen LogP contribution in [0.4, 0.5) is 0 Å². The molecule has 6 heteroatoms. The Hall–Kier alpha value is -1.92. The third-order valence-corrected chi connectivity index (χ3v) is 3.85. The number of nitrogens with zero attached hydrogens (tertiary/aromatic N) is 3. The number of benzene rings is 1. The van der Waals surface area contributed by atoms with Crippen LogP contribution in [0.1, 0.15) is 17.4 Å². The van der Waals surface area contributed by atoms with Gasteiger partial charge in [-0.15, -0.1) is 0 Å². The second-order valence-electron chi connectivity index (χ2n) is 5.56. The first-order valence-corrected chi connectivity index (χ1v) is 7.28. The predicted octanol–water partition coefficient (Wildman–Crippen LogP) is 0.701. The van der Waals surface area contributed by atoms with Crippen LogP contribution in [0.2, 0.25) is 0 Å². The van der Waals surface area contributed by atoms with E-state index in [0.29, 0.717) is 25.3 Å². The minimum absolute atomic E-state index is 0.0239. The zero-order valence-corrected chi connectivity index (χ0v) is 12.1. The topological polar surface area (TPSA) is 72.5 Å². The summed E-state index contributed by atoms with van der Waals surface area (Å²) in [5, 5.41) is 17.4. The van der Waals surface area contributed by atoms with E-state index in [-0.39, 0.29) is 12.0 Å². The molecule has 0 bridgehead atoms. The lowest BCUT2D eigenvalue weighted by atomic mass is 10.2. The molecule has 2 N–H and O–H groups in total. The largest absolute Gasteiger partial charge is 0.392 e. The fraction of sp³-hybridized carbons (Fsp3) is 0.467. The molecule has 0 saturated carbocycles. The van der Waals surface area contributed by atoms with E-state index in [4.69, 9.17) is 0 Å². The number of fused-ring (bicyclic) bond motifs is 1. The van der Waals surface area contributed by atoms with Crippen LogP contribution < -0.4 is 0 Å². The van der Waals surface area contributed by atoms with E-state index in [1.807, 2.05) is 29.2 Å². The van der Waals surface area contributed by atoms with Gasteiger partial charge in [-0.25, -0.2) is 0 Å². The Balaban J connectivity index is 1.69. The van der Waals surface area contributed by atoms with Gasteiger partial charge in [0.2, 0.25) is 0 Å². The summed E-state index contributed by atoms with van der Waals surface area (Å²) < 4.78 is 0. The fourth-order valence-corrected chi connectivity index (χ4v) is 2.78. The summed E-state index contributed by atoms with van der Waals surface area (Å²) in [6.45, 7) is 5.37. The number of hydrogen-bond acceptors (Lipinski definition) is 4. The maximum atomic E-state index is 12.6. The van der Waals surface area contributed by atoms with Crippen molar-refractivity contribution < 1.29 is 9.90 Å². The number of aromatic amines is 1. The molecule has 6 nitrogen and oxygen atoms in total. The molecule has 1 amide bonds. The molecule has 112 valence electrons. The van der Waals surface area contributed by atoms with Crippen molar-refractivity contribution in [1.82, 2.24) is 20.0 Å². The molecule has 0 spiro atoms. The van der Waals surface area contributed by atoms with Crippen molar-refractivity contribution in [3.05, 3.63) is 30.0 Å². The van der Waals surface area contributed by atoms with E-state index in [0.717, 1.165) is 24.0 Å².